The van der Waals surface area contributed by atoms with Gasteiger partial charge in [-0.1, -0.05) is 13.8 Å². The average Bonchev–Trinajstić information content (AvgIpc) is 2.45. The summed E-state index contributed by atoms with van der Waals surface area (Å²) in [6.45, 7) is 12.2. The van der Waals surface area contributed by atoms with Crippen LogP contribution < -0.4 is 10.6 Å². The monoisotopic (exact) mass is 288 g/mol. The van der Waals surface area contributed by atoms with Crippen LogP contribution >= 0.6 is 0 Å². The second kappa shape index (κ2) is 10.6. The fraction of sp³-hybridized carbons (Fsp3) is 1.00. The molecule has 4 nitrogen and oxygen atoms in total. The molecule has 0 aliphatic heterocycles. The van der Waals surface area contributed by atoms with Crippen molar-refractivity contribution in [2.24, 2.45) is 0 Å². The van der Waals surface area contributed by atoms with Crippen molar-refractivity contribution in [1.29, 1.82) is 0 Å². The molecule has 0 heterocycles. The largest absolute Gasteiger partial charge is 0.375 e. The molecule has 0 spiro atoms. The first kappa shape index (κ1) is 19.8. The van der Waals surface area contributed by atoms with Crippen molar-refractivity contribution in [3.8, 4) is 0 Å². The van der Waals surface area contributed by atoms with Crippen LogP contribution in [0.5, 0.6) is 0 Å². The van der Waals surface area contributed by atoms with Gasteiger partial charge in [0.25, 0.3) is 0 Å². The molecular formula is C16H36N2O2. The second-order valence-electron chi connectivity index (χ2n) is 6.01. The third kappa shape index (κ3) is 8.20. The predicted molar refractivity (Wildman–Crippen MR) is 86.4 cm³/mol. The molecule has 2 unspecified atom stereocenters. The SMILES string of the molecule is CCC(C)(CCNC)OCCC(C)(CC)OCCNC. The van der Waals surface area contributed by atoms with Gasteiger partial charge < -0.3 is 20.1 Å². The molecule has 0 rings (SSSR count). The van der Waals surface area contributed by atoms with Crippen LogP contribution in [0.3, 0.4) is 0 Å². The fourth-order valence-corrected chi connectivity index (χ4v) is 2.00. The minimum Gasteiger partial charge on any atom is -0.375 e. The van der Waals surface area contributed by atoms with Crippen LogP contribution in [0.2, 0.25) is 0 Å². The minimum absolute atomic E-state index is 0.0252. The van der Waals surface area contributed by atoms with E-state index in [1.165, 1.54) is 0 Å². The van der Waals surface area contributed by atoms with Crippen molar-refractivity contribution in [1.82, 2.24) is 10.6 Å². The molecule has 0 bridgehead atoms. The fourth-order valence-electron chi connectivity index (χ4n) is 2.00. The van der Waals surface area contributed by atoms with E-state index in [0.29, 0.717) is 0 Å². The van der Waals surface area contributed by atoms with Crippen molar-refractivity contribution in [2.45, 2.75) is 64.6 Å². The summed E-state index contributed by atoms with van der Waals surface area (Å²) in [5, 5.41) is 6.31. The maximum Gasteiger partial charge on any atom is 0.0674 e. The molecule has 0 radical (unpaired) electrons. The molecule has 0 saturated heterocycles. The van der Waals surface area contributed by atoms with Gasteiger partial charge in [-0.3, -0.25) is 0 Å². The van der Waals surface area contributed by atoms with Crippen molar-refractivity contribution in [3.63, 3.8) is 0 Å². The van der Waals surface area contributed by atoms with E-state index < -0.39 is 0 Å². The quantitative estimate of drug-likeness (QED) is 0.511. The van der Waals surface area contributed by atoms with Crippen LogP contribution in [0.25, 0.3) is 0 Å². The van der Waals surface area contributed by atoms with Crippen molar-refractivity contribution >= 4 is 0 Å². The standard InChI is InChI=1S/C16H36N2O2/c1-7-15(3,9-11-17-5)19-13-10-16(4,8-2)20-14-12-18-6/h17-18H,7-14H2,1-6H3. The molecule has 0 aliphatic rings. The third-order valence-corrected chi connectivity index (χ3v) is 4.28. The Kier molecular flexibility index (Phi) is 10.5. The molecule has 0 fully saturated rings. The number of nitrogens with one attached hydrogen (secondary N) is 2. The zero-order valence-corrected chi connectivity index (χ0v) is 14.5. The highest BCUT2D eigenvalue weighted by molar-refractivity contribution is 4.77. The van der Waals surface area contributed by atoms with Crippen molar-refractivity contribution in [2.75, 3.05) is 40.4 Å². The Labute approximate surface area is 126 Å². The Hall–Kier alpha value is -0.160. The lowest BCUT2D eigenvalue weighted by Gasteiger charge is -2.33. The van der Waals surface area contributed by atoms with Crippen LogP contribution in [0, 0.1) is 0 Å². The summed E-state index contributed by atoms with van der Waals surface area (Å²) in [5.74, 6) is 0. The molecule has 2 N–H and O–H groups in total. The highest BCUT2D eigenvalue weighted by Gasteiger charge is 2.26. The summed E-state index contributed by atoms with van der Waals surface area (Å²) < 4.78 is 12.1. The number of rotatable bonds is 13. The molecule has 0 aromatic rings. The van der Waals surface area contributed by atoms with Gasteiger partial charge in [0, 0.05) is 6.54 Å². The lowest BCUT2D eigenvalue weighted by atomic mass is 9.97. The molecule has 122 valence electrons. The Morgan fingerprint density at radius 1 is 0.750 bits per heavy atom. The van der Waals surface area contributed by atoms with E-state index in [9.17, 15) is 0 Å². The predicted octanol–water partition coefficient (Wildman–Crippen LogP) is 2.58. The summed E-state index contributed by atoms with van der Waals surface area (Å²) in [6.07, 6.45) is 4.05. The van der Waals surface area contributed by atoms with Gasteiger partial charge >= 0.3 is 0 Å². The summed E-state index contributed by atoms with van der Waals surface area (Å²) in [7, 11) is 3.93. The molecule has 0 aromatic heterocycles. The molecule has 0 saturated carbocycles. The van der Waals surface area contributed by atoms with Crippen LogP contribution in [0.15, 0.2) is 0 Å². The summed E-state index contributed by atoms with van der Waals surface area (Å²) in [5.41, 5.74) is -0.100. The summed E-state index contributed by atoms with van der Waals surface area (Å²) >= 11 is 0. The normalized spacial score (nSPS) is 17.7. The number of hydrogen-bond donors (Lipinski definition) is 2. The Balaban J connectivity index is 4.14. The van der Waals surface area contributed by atoms with E-state index >= 15 is 0 Å². The Morgan fingerprint density at radius 2 is 1.25 bits per heavy atom. The lowest BCUT2D eigenvalue weighted by molar-refractivity contribution is -0.0889. The van der Waals surface area contributed by atoms with E-state index in [0.717, 1.165) is 52.0 Å². The van der Waals surface area contributed by atoms with Crippen LogP contribution in [-0.4, -0.2) is 51.6 Å². The first-order chi connectivity index (χ1) is 9.45. The highest BCUT2D eigenvalue weighted by Crippen LogP contribution is 2.24. The van der Waals surface area contributed by atoms with Crippen LogP contribution in [0.1, 0.15) is 53.4 Å². The maximum absolute atomic E-state index is 6.15. The number of hydrogen-bond acceptors (Lipinski definition) is 4. The molecule has 0 aliphatic carbocycles. The summed E-state index contributed by atoms with van der Waals surface area (Å²) in [6, 6.07) is 0. The van der Waals surface area contributed by atoms with Gasteiger partial charge in [0.15, 0.2) is 0 Å². The zero-order valence-electron chi connectivity index (χ0n) is 14.5. The van der Waals surface area contributed by atoms with Crippen LogP contribution in [0.4, 0.5) is 0 Å². The number of likely N-dealkylation sites (N-methyl/N-ethyl adjacent to an activating group) is 1. The molecular weight excluding hydrogens is 252 g/mol. The second-order valence-corrected chi connectivity index (χ2v) is 6.01. The van der Waals surface area contributed by atoms with E-state index in [1.54, 1.807) is 0 Å². The first-order valence-electron chi connectivity index (χ1n) is 8.02. The van der Waals surface area contributed by atoms with Gasteiger partial charge in [-0.2, -0.15) is 0 Å². The molecule has 20 heavy (non-hydrogen) atoms. The zero-order chi connectivity index (χ0) is 15.5. The van der Waals surface area contributed by atoms with E-state index in [-0.39, 0.29) is 11.2 Å². The van der Waals surface area contributed by atoms with E-state index in [4.69, 9.17) is 9.47 Å². The maximum atomic E-state index is 6.15. The van der Waals surface area contributed by atoms with Gasteiger partial charge in [0.1, 0.15) is 0 Å². The van der Waals surface area contributed by atoms with E-state index in [2.05, 4.69) is 38.3 Å². The van der Waals surface area contributed by atoms with Crippen molar-refractivity contribution < 1.29 is 9.47 Å². The molecule has 0 amide bonds. The highest BCUT2D eigenvalue weighted by atomic mass is 16.5. The smallest absolute Gasteiger partial charge is 0.0674 e. The third-order valence-electron chi connectivity index (χ3n) is 4.28. The lowest BCUT2D eigenvalue weighted by Crippen LogP contribution is -2.36. The van der Waals surface area contributed by atoms with Crippen molar-refractivity contribution in [3.05, 3.63) is 0 Å². The van der Waals surface area contributed by atoms with E-state index in [1.807, 2.05) is 14.1 Å². The van der Waals surface area contributed by atoms with Gasteiger partial charge in [-0.15, -0.1) is 0 Å². The Morgan fingerprint density at radius 3 is 1.75 bits per heavy atom. The van der Waals surface area contributed by atoms with Gasteiger partial charge in [0.05, 0.1) is 24.4 Å². The van der Waals surface area contributed by atoms with Gasteiger partial charge in [0.2, 0.25) is 0 Å². The molecule has 4 heteroatoms. The Bertz CT molecular complexity index is 239. The van der Waals surface area contributed by atoms with Gasteiger partial charge in [-0.25, -0.2) is 0 Å². The molecule has 2 atom stereocenters. The van der Waals surface area contributed by atoms with Crippen LogP contribution in [-0.2, 0) is 9.47 Å². The molecule has 0 aromatic carbocycles. The topological polar surface area (TPSA) is 42.5 Å². The number of ether oxygens (including phenoxy) is 2. The minimum atomic E-state index is -0.0749. The first-order valence-corrected chi connectivity index (χ1v) is 8.02. The van der Waals surface area contributed by atoms with Gasteiger partial charge in [-0.05, 0) is 60.2 Å². The summed E-state index contributed by atoms with van der Waals surface area (Å²) in [4.78, 5) is 0. The average molecular weight is 288 g/mol.